The molecule has 4 heteroatoms. The number of benzene rings is 3. The van der Waals surface area contributed by atoms with Gasteiger partial charge >= 0.3 is 5.97 Å². The molecule has 3 nitrogen and oxygen atoms in total. The average Bonchev–Trinajstić information content (AvgIpc) is 2.67. The third-order valence-corrected chi connectivity index (χ3v) is 4.15. The Labute approximate surface area is 155 Å². The number of esters is 1. The van der Waals surface area contributed by atoms with Crippen molar-refractivity contribution in [3.8, 4) is 5.75 Å². The van der Waals surface area contributed by atoms with Crippen molar-refractivity contribution in [1.29, 1.82) is 0 Å². The van der Waals surface area contributed by atoms with E-state index < -0.39 is 12.1 Å². The predicted molar refractivity (Wildman–Crippen MR) is 100 cm³/mol. The average molecular weight is 397 g/mol. The van der Waals surface area contributed by atoms with Crippen molar-refractivity contribution in [3.63, 3.8) is 0 Å². The van der Waals surface area contributed by atoms with Gasteiger partial charge in [-0.25, -0.2) is 4.79 Å². The first-order valence-electron chi connectivity index (χ1n) is 7.90. The van der Waals surface area contributed by atoms with Crippen molar-refractivity contribution in [2.75, 3.05) is 6.61 Å². The zero-order chi connectivity index (χ0) is 17.5. The lowest BCUT2D eigenvalue weighted by Crippen LogP contribution is -2.19. The van der Waals surface area contributed by atoms with Gasteiger partial charge in [0, 0.05) is 4.47 Å². The topological polar surface area (TPSA) is 35.5 Å². The van der Waals surface area contributed by atoms with E-state index in [1.807, 2.05) is 72.8 Å². The van der Waals surface area contributed by atoms with Crippen LogP contribution in [0.25, 0.3) is 0 Å². The van der Waals surface area contributed by atoms with Gasteiger partial charge in [0.25, 0.3) is 0 Å². The summed E-state index contributed by atoms with van der Waals surface area (Å²) in [4.78, 5) is 12.3. The highest BCUT2D eigenvalue weighted by Gasteiger charge is 2.19. The predicted octanol–water partition coefficient (Wildman–Crippen LogP) is 5.16. The van der Waals surface area contributed by atoms with Crippen LogP contribution in [0.3, 0.4) is 0 Å². The molecule has 3 aromatic rings. The molecule has 0 aliphatic carbocycles. The Kier molecular flexibility index (Phi) is 5.86. The second kappa shape index (κ2) is 8.49. The molecule has 0 aliphatic rings. The van der Waals surface area contributed by atoms with Gasteiger partial charge in [0.15, 0.2) is 12.7 Å². The standard InChI is InChI=1S/C21H17BrO3/c22-18-11-13-19(14-12-18)24-15-20(23)25-21(16-7-3-1-4-8-16)17-9-5-2-6-10-17/h1-14,21H,15H2. The summed E-state index contributed by atoms with van der Waals surface area (Å²) in [7, 11) is 0. The van der Waals surface area contributed by atoms with Crippen molar-refractivity contribution >= 4 is 21.9 Å². The summed E-state index contributed by atoms with van der Waals surface area (Å²) < 4.78 is 12.1. The molecule has 0 fully saturated rings. The summed E-state index contributed by atoms with van der Waals surface area (Å²) in [6.45, 7) is -0.141. The fourth-order valence-corrected chi connectivity index (χ4v) is 2.69. The lowest BCUT2D eigenvalue weighted by atomic mass is 10.0. The molecule has 3 aromatic carbocycles. The molecular formula is C21H17BrO3. The van der Waals surface area contributed by atoms with Crippen LogP contribution in [0, 0.1) is 0 Å². The number of halogens is 1. The highest BCUT2D eigenvalue weighted by molar-refractivity contribution is 9.10. The number of rotatable bonds is 6. The Morgan fingerprint density at radius 2 is 1.32 bits per heavy atom. The number of carbonyl (C=O) groups is 1. The number of ether oxygens (including phenoxy) is 2. The second-order valence-corrected chi connectivity index (χ2v) is 6.35. The van der Waals surface area contributed by atoms with Crippen LogP contribution >= 0.6 is 15.9 Å². The summed E-state index contributed by atoms with van der Waals surface area (Å²) in [6.07, 6.45) is -0.455. The Morgan fingerprint density at radius 3 is 1.84 bits per heavy atom. The van der Waals surface area contributed by atoms with Crippen molar-refractivity contribution in [3.05, 3.63) is 101 Å². The minimum absolute atomic E-state index is 0.141. The zero-order valence-electron chi connectivity index (χ0n) is 13.5. The number of carbonyl (C=O) groups excluding carboxylic acids is 1. The van der Waals surface area contributed by atoms with Crippen molar-refractivity contribution in [2.24, 2.45) is 0 Å². The molecule has 0 unspecified atom stereocenters. The molecular weight excluding hydrogens is 380 g/mol. The van der Waals surface area contributed by atoms with Crippen LogP contribution in [0.2, 0.25) is 0 Å². The molecule has 0 amide bonds. The number of hydrogen-bond donors (Lipinski definition) is 0. The molecule has 0 atom stereocenters. The van der Waals surface area contributed by atoms with Gasteiger partial charge in [-0.05, 0) is 35.4 Å². The van der Waals surface area contributed by atoms with Gasteiger partial charge in [-0.15, -0.1) is 0 Å². The van der Waals surface area contributed by atoms with E-state index in [0.717, 1.165) is 15.6 Å². The molecule has 0 saturated heterocycles. The van der Waals surface area contributed by atoms with Gasteiger partial charge in [0.05, 0.1) is 0 Å². The van der Waals surface area contributed by atoms with Crippen LogP contribution < -0.4 is 4.74 Å². The molecule has 126 valence electrons. The lowest BCUT2D eigenvalue weighted by Gasteiger charge is -2.19. The number of hydrogen-bond acceptors (Lipinski definition) is 3. The Bertz CT molecular complexity index is 762. The first-order chi connectivity index (χ1) is 12.2. The maximum absolute atomic E-state index is 12.3. The fourth-order valence-electron chi connectivity index (χ4n) is 2.42. The van der Waals surface area contributed by atoms with Gasteiger partial charge in [-0.2, -0.15) is 0 Å². The third-order valence-electron chi connectivity index (χ3n) is 3.62. The molecule has 0 aliphatic heterocycles. The van der Waals surface area contributed by atoms with Gasteiger partial charge in [0.2, 0.25) is 0 Å². The molecule has 3 rings (SSSR count). The van der Waals surface area contributed by atoms with Gasteiger partial charge in [-0.3, -0.25) is 0 Å². The first kappa shape index (κ1) is 17.2. The van der Waals surface area contributed by atoms with E-state index in [2.05, 4.69) is 15.9 Å². The summed E-state index contributed by atoms with van der Waals surface area (Å²) in [5.41, 5.74) is 1.84. The smallest absolute Gasteiger partial charge is 0.345 e. The molecule has 0 aromatic heterocycles. The largest absolute Gasteiger partial charge is 0.482 e. The van der Waals surface area contributed by atoms with E-state index in [1.165, 1.54) is 0 Å². The highest BCUT2D eigenvalue weighted by Crippen LogP contribution is 2.26. The highest BCUT2D eigenvalue weighted by atomic mass is 79.9. The van der Waals surface area contributed by atoms with Crippen molar-refractivity contribution < 1.29 is 14.3 Å². The minimum Gasteiger partial charge on any atom is -0.482 e. The molecule has 0 radical (unpaired) electrons. The second-order valence-electron chi connectivity index (χ2n) is 5.43. The van der Waals surface area contributed by atoms with Crippen LogP contribution in [0.1, 0.15) is 17.2 Å². The maximum atomic E-state index is 12.3. The minimum atomic E-state index is -0.455. The summed E-state index contributed by atoms with van der Waals surface area (Å²) in [6, 6.07) is 26.7. The quantitative estimate of drug-likeness (QED) is 0.539. The van der Waals surface area contributed by atoms with Crippen molar-refractivity contribution in [2.45, 2.75) is 6.10 Å². The Hall–Kier alpha value is -2.59. The Balaban J connectivity index is 1.69. The van der Waals surface area contributed by atoms with Gasteiger partial charge in [0.1, 0.15) is 5.75 Å². The molecule has 0 saturated carbocycles. The molecule has 25 heavy (non-hydrogen) atoms. The third kappa shape index (κ3) is 4.94. The van der Waals surface area contributed by atoms with Crippen LogP contribution in [0.5, 0.6) is 5.75 Å². The molecule has 0 N–H and O–H groups in total. The van der Waals surface area contributed by atoms with E-state index in [9.17, 15) is 4.79 Å². The van der Waals surface area contributed by atoms with E-state index in [1.54, 1.807) is 12.1 Å². The lowest BCUT2D eigenvalue weighted by molar-refractivity contribution is -0.149. The fraction of sp³-hybridized carbons (Fsp3) is 0.0952. The monoisotopic (exact) mass is 396 g/mol. The van der Waals surface area contributed by atoms with Crippen LogP contribution in [-0.4, -0.2) is 12.6 Å². The van der Waals surface area contributed by atoms with Crippen LogP contribution in [-0.2, 0) is 9.53 Å². The van der Waals surface area contributed by atoms with E-state index >= 15 is 0 Å². The summed E-state index contributed by atoms with van der Waals surface area (Å²) in [5.74, 6) is 0.205. The molecule has 0 spiro atoms. The molecule has 0 heterocycles. The normalized spacial score (nSPS) is 10.5. The van der Waals surface area contributed by atoms with E-state index in [-0.39, 0.29) is 6.61 Å². The van der Waals surface area contributed by atoms with Crippen LogP contribution in [0.4, 0.5) is 0 Å². The first-order valence-corrected chi connectivity index (χ1v) is 8.69. The van der Waals surface area contributed by atoms with Crippen molar-refractivity contribution in [1.82, 2.24) is 0 Å². The van der Waals surface area contributed by atoms with E-state index in [4.69, 9.17) is 9.47 Å². The SMILES string of the molecule is O=C(COc1ccc(Br)cc1)OC(c1ccccc1)c1ccccc1. The summed E-state index contributed by atoms with van der Waals surface area (Å²) in [5, 5.41) is 0. The Morgan fingerprint density at radius 1 is 0.800 bits per heavy atom. The van der Waals surface area contributed by atoms with Crippen LogP contribution in [0.15, 0.2) is 89.4 Å². The van der Waals surface area contributed by atoms with E-state index in [0.29, 0.717) is 5.75 Å². The maximum Gasteiger partial charge on any atom is 0.345 e. The van der Waals surface area contributed by atoms with Gasteiger partial charge in [-0.1, -0.05) is 76.6 Å². The zero-order valence-corrected chi connectivity index (χ0v) is 15.1. The summed E-state index contributed by atoms with van der Waals surface area (Å²) >= 11 is 3.36. The molecule has 0 bridgehead atoms. The van der Waals surface area contributed by atoms with Gasteiger partial charge < -0.3 is 9.47 Å².